The molecule has 0 saturated carbocycles. The summed E-state index contributed by atoms with van der Waals surface area (Å²) in [6, 6.07) is 3.10. The molecule has 1 heterocycles. The summed E-state index contributed by atoms with van der Waals surface area (Å²) in [5.74, 6) is -0.245. The molecule has 0 fully saturated rings. The fraction of sp³-hybridized carbons (Fsp3) is 0.375. The molecule has 0 unspecified atom stereocenters. The van der Waals surface area contributed by atoms with Crippen LogP contribution < -0.4 is 5.32 Å². The Hall–Kier alpha value is -0.960. The maximum atomic E-state index is 12.9. The largest absolute Gasteiger partial charge is 0.314 e. The van der Waals surface area contributed by atoms with E-state index in [1.807, 2.05) is 6.92 Å². The van der Waals surface area contributed by atoms with E-state index in [1.165, 1.54) is 6.07 Å². The Balaban J connectivity index is 2.93. The molecule has 1 rings (SSSR count). The summed E-state index contributed by atoms with van der Waals surface area (Å²) in [6.45, 7) is 2.33. The number of nitrogens with zero attached hydrogens (tertiary/aromatic N) is 1. The highest BCUT2D eigenvalue weighted by Crippen LogP contribution is 2.04. The van der Waals surface area contributed by atoms with Crippen molar-refractivity contribution in [2.24, 2.45) is 0 Å². The van der Waals surface area contributed by atoms with E-state index >= 15 is 0 Å². The molecule has 0 aromatic carbocycles. The van der Waals surface area contributed by atoms with Gasteiger partial charge in [0.25, 0.3) is 0 Å². The third-order valence-corrected chi connectivity index (χ3v) is 1.40. The maximum absolute atomic E-state index is 12.9. The van der Waals surface area contributed by atoms with Crippen LogP contribution in [0.3, 0.4) is 0 Å². The lowest BCUT2D eigenvalue weighted by molar-refractivity contribution is 0.586. The lowest BCUT2D eigenvalue weighted by Crippen LogP contribution is -2.09. The molecular formula is C8H11FN2. The normalized spacial score (nSPS) is 10.1. The highest BCUT2D eigenvalue weighted by atomic mass is 19.1. The minimum Gasteiger partial charge on any atom is -0.314 e. The highest BCUT2D eigenvalue weighted by Gasteiger charge is 2.00. The second-order valence-electron chi connectivity index (χ2n) is 2.41. The van der Waals surface area contributed by atoms with Crippen LogP contribution in [0, 0.1) is 12.7 Å². The van der Waals surface area contributed by atoms with E-state index < -0.39 is 0 Å². The van der Waals surface area contributed by atoms with E-state index in [-0.39, 0.29) is 5.82 Å². The molecule has 3 heteroatoms. The molecule has 0 aliphatic heterocycles. The molecular weight excluding hydrogens is 143 g/mol. The van der Waals surface area contributed by atoms with Gasteiger partial charge in [0.2, 0.25) is 0 Å². The van der Waals surface area contributed by atoms with Crippen LogP contribution in [0.1, 0.15) is 11.4 Å². The van der Waals surface area contributed by atoms with Crippen LogP contribution in [0.15, 0.2) is 12.1 Å². The zero-order valence-electron chi connectivity index (χ0n) is 6.69. The summed E-state index contributed by atoms with van der Waals surface area (Å²) in [6.07, 6.45) is 0. The molecule has 0 bridgehead atoms. The second kappa shape index (κ2) is 3.44. The zero-order valence-corrected chi connectivity index (χ0v) is 6.69. The van der Waals surface area contributed by atoms with Gasteiger partial charge >= 0.3 is 0 Å². The lowest BCUT2D eigenvalue weighted by Gasteiger charge is -2.01. The first kappa shape index (κ1) is 8.14. The van der Waals surface area contributed by atoms with Crippen LogP contribution in [0.5, 0.6) is 0 Å². The van der Waals surface area contributed by atoms with Crippen molar-refractivity contribution in [2.75, 3.05) is 7.05 Å². The lowest BCUT2D eigenvalue weighted by atomic mass is 10.3. The first-order chi connectivity index (χ1) is 5.24. The van der Waals surface area contributed by atoms with Gasteiger partial charge in [0.1, 0.15) is 5.82 Å². The summed E-state index contributed by atoms with van der Waals surface area (Å²) < 4.78 is 12.9. The average Bonchev–Trinajstić information content (AvgIpc) is 1.98. The second-order valence-corrected chi connectivity index (χ2v) is 2.41. The van der Waals surface area contributed by atoms with Crippen molar-refractivity contribution >= 4 is 0 Å². The Kier molecular flexibility index (Phi) is 2.54. The van der Waals surface area contributed by atoms with Gasteiger partial charge < -0.3 is 5.32 Å². The highest BCUT2D eigenvalue weighted by molar-refractivity contribution is 5.12. The number of aromatic nitrogens is 1. The smallest absolute Gasteiger partial charge is 0.146 e. The van der Waals surface area contributed by atoms with E-state index in [1.54, 1.807) is 13.1 Å². The van der Waals surface area contributed by atoms with Crippen molar-refractivity contribution in [3.05, 3.63) is 29.3 Å². The molecule has 0 spiro atoms. The fourth-order valence-corrected chi connectivity index (χ4v) is 0.885. The molecule has 0 saturated heterocycles. The van der Waals surface area contributed by atoms with E-state index in [0.717, 1.165) is 5.69 Å². The number of pyridine rings is 1. The number of rotatable bonds is 2. The monoisotopic (exact) mass is 154 g/mol. The molecule has 0 aliphatic rings. The number of nitrogens with one attached hydrogen (secondary N) is 1. The van der Waals surface area contributed by atoms with Crippen molar-refractivity contribution in [2.45, 2.75) is 13.5 Å². The van der Waals surface area contributed by atoms with Crippen molar-refractivity contribution in [1.29, 1.82) is 0 Å². The van der Waals surface area contributed by atoms with Crippen molar-refractivity contribution in [1.82, 2.24) is 10.3 Å². The Morgan fingerprint density at radius 2 is 2.27 bits per heavy atom. The minimum absolute atomic E-state index is 0.245. The molecule has 11 heavy (non-hydrogen) atoms. The summed E-state index contributed by atoms with van der Waals surface area (Å²) >= 11 is 0. The first-order valence-electron chi connectivity index (χ1n) is 3.50. The van der Waals surface area contributed by atoms with Crippen LogP contribution in [0.25, 0.3) is 0 Å². The number of hydrogen-bond donors (Lipinski definition) is 1. The third kappa shape index (κ3) is 1.98. The Labute approximate surface area is 65.5 Å². The van der Waals surface area contributed by atoms with Gasteiger partial charge in [0.05, 0.1) is 5.69 Å². The average molecular weight is 154 g/mol. The zero-order chi connectivity index (χ0) is 8.27. The number of hydrogen-bond acceptors (Lipinski definition) is 2. The van der Waals surface area contributed by atoms with E-state index in [4.69, 9.17) is 0 Å². The van der Waals surface area contributed by atoms with Gasteiger partial charge in [-0.1, -0.05) is 0 Å². The molecule has 1 aromatic heterocycles. The predicted molar refractivity (Wildman–Crippen MR) is 41.7 cm³/mol. The van der Waals surface area contributed by atoms with Gasteiger partial charge in [0, 0.05) is 12.2 Å². The maximum Gasteiger partial charge on any atom is 0.146 e. The van der Waals surface area contributed by atoms with Gasteiger partial charge in [-0.05, 0) is 26.1 Å². The van der Waals surface area contributed by atoms with Gasteiger partial charge in [-0.15, -0.1) is 0 Å². The van der Waals surface area contributed by atoms with Gasteiger partial charge in [-0.3, -0.25) is 4.98 Å². The Morgan fingerprint density at radius 1 is 1.55 bits per heavy atom. The van der Waals surface area contributed by atoms with Gasteiger partial charge in [-0.25, -0.2) is 4.39 Å². The Bertz CT molecular complexity index is 248. The summed E-state index contributed by atoms with van der Waals surface area (Å²) in [7, 11) is 1.77. The fourth-order valence-electron chi connectivity index (χ4n) is 0.885. The Morgan fingerprint density at radius 3 is 2.91 bits per heavy atom. The quantitative estimate of drug-likeness (QED) is 0.693. The molecule has 1 aromatic rings. The summed E-state index contributed by atoms with van der Waals surface area (Å²) in [5.41, 5.74) is 1.32. The van der Waals surface area contributed by atoms with Crippen LogP contribution in [0.4, 0.5) is 4.39 Å². The molecule has 0 atom stereocenters. The molecule has 2 nitrogen and oxygen atoms in total. The van der Waals surface area contributed by atoms with Crippen molar-refractivity contribution < 1.29 is 4.39 Å². The molecule has 0 amide bonds. The van der Waals surface area contributed by atoms with Gasteiger partial charge in [0.15, 0.2) is 0 Å². The van der Waals surface area contributed by atoms with E-state index in [0.29, 0.717) is 12.2 Å². The van der Waals surface area contributed by atoms with Gasteiger partial charge in [-0.2, -0.15) is 0 Å². The van der Waals surface area contributed by atoms with Crippen LogP contribution in [-0.2, 0) is 6.54 Å². The molecule has 1 N–H and O–H groups in total. The molecule has 0 radical (unpaired) electrons. The van der Waals surface area contributed by atoms with Crippen LogP contribution in [0.2, 0.25) is 0 Å². The van der Waals surface area contributed by atoms with Crippen molar-refractivity contribution in [3.63, 3.8) is 0 Å². The SMILES string of the molecule is CNCc1nc(C)ccc1F. The number of aryl methyl sites for hydroxylation is 1. The van der Waals surface area contributed by atoms with Crippen LogP contribution >= 0.6 is 0 Å². The molecule has 0 aliphatic carbocycles. The topological polar surface area (TPSA) is 24.9 Å². The van der Waals surface area contributed by atoms with E-state index in [2.05, 4.69) is 10.3 Å². The first-order valence-corrected chi connectivity index (χ1v) is 3.50. The summed E-state index contributed by atoms with van der Waals surface area (Å²) in [4.78, 5) is 4.02. The van der Waals surface area contributed by atoms with Crippen LogP contribution in [-0.4, -0.2) is 12.0 Å². The predicted octanol–water partition coefficient (Wildman–Crippen LogP) is 1.25. The third-order valence-electron chi connectivity index (χ3n) is 1.40. The van der Waals surface area contributed by atoms with Crippen molar-refractivity contribution in [3.8, 4) is 0 Å². The van der Waals surface area contributed by atoms with E-state index in [9.17, 15) is 4.39 Å². The summed E-state index contributed by atoms with van der Waals surface area (Å²) in [5, 5.41) is 2.85. The molecule has 60 valence electrons. The number of halogens is 1. The standard InChI is InChI=1S/C8H11FN2/c1-6-3-4-7(9)8(11-6)5-10-2/h3-4,10H,5H2,1-2H3. The minimum atomic E-state index is -0.245.